The number of carbonyl (C=O) groups excluding carboxylic acids is 1. The molecule has 0 radical (unpaired) electrons. The molecule has 0 aliphatic carbocycles. The summed E-state index contributed by atoms with van der Waals surface area (Å²) in [6.07, 6.45) is 3.85. The number of hydrogen-bond acceptors (Lipinski definition) is 4. The molecule has 2 aromatic rings. The third-order valence-corrected chi connectivity index (χ3v) is 4.57. The minimum absolute atomic E-state index is 0.0773. The molecule has 5 heteroatoms. The smallest absolute Gasteiger partial charge is 0.257 e. The van der Waals surface area contributed by atoms with Crippen LogP contribution in [0.5, 0.6) is 0 Å². The average Bonchev–Trinajstić information content (AvgIpc) is 2.97. The summed E-state index contributed by atoms with van der Waals surface area (Å²) in [4.78, 5) is 12.1. The van der Waals surface area contributed by atoms with Crippen molar-refractivity contribution in [3.63, 3.8) is 0 Å². The molecule has 3 N–H and O–H groups in total. The number of amides is 1. The number of hydrogen-bond donors (Lipinski definition) is 3. The predicted molar refractivity (Wildman–Crippen MR) is 101 cm³/mol. The van der Waals surface area contributed by atoms with E-state index in [1.807, 2.05) is 36.4 Å². The molecule has 1 fully saturated rings. The maximum Gasteiger partial charge on any atom is 0.257 e. The first-order valence-corrected chi connectivity index (χ1v) is 8.61. The van der Waals surface area contributed by atoms with Crippen LogP contribution < -0.4 is 16.0 Å². The van der Waals surface area contributed by atoms with Crippen LogP contribution in [0.25, 0.3) is 5.57 Å². The van der Waals surface area contributed by atoms with Gasteiger partial charge in [-0.05, 0) is 43.2 Å². The van der Waals surface area contributed by atoms with Gasteiger partial charge in [0.15, 0.2) is 0 Å². The Labute approximate surface area is 147 Å². The Morgan fingerprint density at radius 2 is 1.72 bits per heavy atom. The molecule has 5 nitrogen and oxygen atoms in total. The second-order valence-electron chi connectivity index (χ2n) is 6.31. The lowest BCUT2D eigenvalue weighted by Gasteiger charge is -2.24. The van der Waals surface area contributed by atoms with Crippen LogP contribution in [0.1, 0.15) is 18.4 Å². The van der Waals surface area contributed by atoms with E-state index in [1.165, 1.54) is 0 Å². The number of nitrogens with one attached hydrogen (secondary N) is 3. The maximum atomic E-state index is 12.1. The molecule has 0 bridgehead atoms. The van der Waals surface area contributed by atoms with Crippen LogP contribution in [0, 0.1) is 0 Å². The van der Waals surface area contributed by atoms with Crippen molar-refractivity contribution in [2.75, 3.05) is 29.2 Å². The molecule has 0 atom stereocenters. The lowest BCUT2D eigenvalue weighted by Crippen LogP contribution is -2.27. The van der Waals surface area contributed by atoms with Crippen molar-refractivity contribution in [3.8, 4) is 0 Å². The molecule has 2 aliphatic heterocycles. The van der Waals surface area contributed by atoms with Crippen LogP contribution in [-0.4, -0.2) is 25.2 Å². The van der Waals surface area contributed by atoms with E-state index in [9.17, 15) is 4.79 Å². The summed E-state index contributed by atoms with van der Waals surface area (Å²) < 4.78 is 5.38. The van der Waals surface area contributed by atoms with Crippen LogP contribution >= 0.6 is 0 Å². The van der Waals surface area contributed by atoms with E-state index in [1.54, 1.807) is 6.20 Å². The van der Waals surface area contributed by atoms with Crippen molar-refractivity contribution in [3.05, 3.63) is 60.3 Å². The first-order valence-electron chi connectivity index (χ1n) is 8.61. The number of para-hydroxylation sites is 1. The SMILES string of the molecule is O=C1Nc2ccccc2C1=CNc1ccc(NC2CCOCC2)cc1. The Morgan fingerprint density at radius 1 is 1.00 bits per heavy atom. The minimum atomic E-state index is -0.0773. The van der Waals surface area contributed by atoms with Gasteiger partial charge in [0, 0.05) is 48.1 Å². The van der Waals surface area contributed by atoms with Gasteiger partial charge in [-0.1, -0.05) is 18.2 Å². The number of rotatable bonds is 4. The van der Waals surface area contributed by atoms with Crippen LogP contribution in [0.15, 0.2) is 54.7 Å². The van der Waals surface area contributed by atoms with Crippen molar-refractivity contribution in [2.45, 2.75) is 18.9 Å². The van der Waals surface area contributed by atoms with Gasteiger partial charge >= 0.3 is 0 Å². The molecule has 1 saturated heterocycles. The summed E-state index contributed by atoms with van der Waals surface area (Å²) in [5, 5.41) is 9.63. The van der Waals surface area contributed by atoms with Crippen molar-refractivity contribution in [1.82, 2.24) is 0 Å². The quantitative estimate of drug-likeness (QED) is 0.746. The Morgan fingerprint density at radius 3 is 2.52 bits per heavy atom. The molecule has 1 amide bonds. The third kappa shape index (κ3) is 3.51. The minimum Gasteiger partial charge on any atom is -0.382 e. The standard InChI is InChI=1S/C20H21N3O2/c24-20-18(17-3-1-2-4-19(17)23-20)13-21-14-5-7-15(8-6-14)22-16-9-11-25-12-10-16/h1-8,13,16,21-22H,9-12H2,(H,23,24). The molecule has 4 rings (SSSR count). The normalized spacial score (nSPS) is 18.7. The summed E-state index contributed by atoms with van der Waals surface area (Å²) in [6.45, 7) is 1.66. The molecule has 2 aromatic carbocycles. The molecule has 2 aliphatic rings. The number of anilines is 3. The van der Waals surface area contributed by atoms with E-state index < -0.39 is 0 Å². The summed E-state index contributed by atoms with van der Waals surface area (Å²) in [7, 11) is 0. The molecule has 0 aromatic heterocycles. The van der Waals surface area contributed by atoms with Gasteiger partial charge in [0.25, 0.3) is 5.91 Å². The van der Waals surface area contributed by atoms with E-state index in [2.05, 4.69) is 28.1 Å². The largest absolute Gasteiger partial charge is 0.382 e. The van der Waals surface area contributed by atoms with Crippen molar-refractivity contribution in [2.24, 2.45) is 0 Å². The fourth-order valence-corrected chi connectivity index (χ4v) is 3.18. The zero-order chi connectivity index (χ0) is 17.1. The van der Waals surface area contributed by atoms with Gasteiger partial charge < -0.3 is 20.7 Å². The predicted octanol–water partition coefficient (Wildman–Crippen LogP) is 3.68. The molecule has 25 heavy (non-hydrogen) atoms. The van der Waals surface area contributed by atoms with Gasteiger partial charge in [-0.25, -0.2) is 0 Å². The molecule has 128 valence electrons. The summed E-state index contributed by atoms with van der Waals surface area (Å²) in [5.41, 5.74) is 4.49. The zero-order valence-electron chi connectivity index (χ0n) is 13.9. The molecule has 0 saturated carbocycles. The molecule has 2 heterocycles. The van der Waals surface area contributed by atoms with Crippen molar-refractivity contribution in [1.29, 1.82) is 0 Å². The summed E-state index contributed by atoms with van der Waals surface area (Å²) in [5.74, 6) is -0.0773. The van der Waals surface area contributed by atoms with E-state index in [4.69, 9.17) is 4.74 Å². The highest BCUT2D eigenvalue weighted by Gasteiger charge is 2.23. The van der Waals surface area contributed by atoms with Crippen LogP contribution in [0.4, 0.5) is 17.1 Å². The molecular formula is C20H21N3O2. The third-order valence-electron chi connectivity index (χ3n) is 4.57. The van der Waals surface area contributed by atoms with Crippen molar-refractivity contribution >= 4 is 28.5 Å². The topological polar surface area (TPSA) is 62.4 Å². The molecule has 0 spiro atoms. The monoisotopic (exact) mass is 335 g/mol. The van der Waals surface area contributed by atoms with Crippen LogP contribution in [0.2, 0.25) is 0 Å². The fraction of sp³-hybridized carbons (Fsp3) is 0.250. The lowest BCUT2D eigenvalue weighted by atomic mass is 10.1. The highest BCUT2D eigenvalue weighted by Crippen LogP contribution is 2.31. The van der Waals surface area contributed by atoms with E-state index >= 15 is 0 Å². The Kier molecular flexibility index (Phi) is 4.39. The average molecular weight is 335 g/mol. The van der Waals surface area contributed by atoms with E-state index in [0.29, 0.717) is 11.6 Å². The first kappa shape index (κ1) is 15.7. The summed E-state index contributed by atoms with van der Waals surface area (Å²) >= 11 is 0. The van der Waals surface area contributed by atoms with E-state index in [0.717, 1.165) is 48.7 Å². The summed E-state index contributed by atoms with van der Waals surface area (Å²) in [6, 6.07) is 16.3. The van der Waals surface area contributed by atoms with Crippen LogP contribution in [0.3, 0.4) is 0 Å². The second kappa shape index (κ2) is 6.99. The second-order valence-corrected chi connectivity index (χ2v) is 6.31. The lowest BCUT2D eigenvalue weighted by molar-refractivity contribution is -0.110. The van der Waals surface area contributed by atoms with Gasteiger partial charge in [-0.15, -0.1) is 0 Å². The highest BCUT2D eigenvalue weighted by atomic mass is 16.5. The maximum absolute atomic E-state index is 12.1. The number of benzene rings is 2. The zero-order valence-corrected chi connectivity index (χ0v) is 13.9. The van der Waals surface area contributed by atoms with Gasteiger partial charge in [-0.2, -0.15) is 0 Å². The number of fused-ring (bicyclic) bond motifs is 1. The fourth-order valence-electron chi connectivity index (χ4n) is 3.18. The number of carbonyl (C=O) groups is 1. The first-order chi connectivity index (χ1) is 12.3. The van der Waals surface area contributed by atoms with Gasteiger partial charge in [0.1, 0.15) is 0 Å². The Balaban J connectivity index is 1.42. The highest BCUT2D eigenvalue weighted by molar-refractivity contribution is 6.31. The molecular weight excluding hydrogens is 314 g/mol. The molecule has 0 unspecified atom stereocenters. The number of ether oxygens (including phenoxy) is 1. The van der Waals surface area contributed by atoms with Gasteiger partial charge in [-0.3, -0.25) is 4.79 Å². The van der Waals surface area contributed by atoms with Crippen LogP contribution in [-0.2, 0) is 9.53 Å². The Bertz CT molecular complexity index is 793. The Hall–Kier alpha value is -2.79. The van der Waals surface area contributed by atoms with Crippen molar-refractivity contribution < 1.29 is 9.53 Å². The van der Waals surface area contributed by atoms with E-state index in [-0.39, 0.29) is 5.91 Å². The van der Waals surface area contributed by atoms with Gasteiger partial charge in [0.05, 0.1) is 5.57 Å². The van der Waals surface area contributed by atoms with Gasteiger partial charge in [0.2, 0.25) is 0 Å².